The van der Waals surface area contributed by atoms with E-state index in [1.807, 2.05) is 0 Å². The molecule has 0 atom stereocenters. The van der Waals surface area contributed by atoms with Crippen LogP contribution < -0.4 is 18.9 Å². The van der Waals surface area contributed by atoms with Gasteiger partial charge >= 0.3 is 0 Å². The SMILES string of the molecule is COc1cc(O)c2c(c1)C(=O)c1nccc3c(OC)c4c(c-2c13)OCO4. The van der Waals surface area contributed by atoms with Gasteiger partial charge in [-0.2, -0.15) is 0 Å². The number of nitrogens with zero attached hydrogens (tertiary/aromatic N) is 1. The standard InChI is InChI=1S/C19H13NO6/c1-23-8-5-10-12(11(21)6-8)14-13-9(3-4-20-15(13)16(10)22)17(24-2)19-18(14)25-7-26-19/h3-6,21H,7H2,1-2H3. The zero-order valence-corrected chi connectivity index (χ0v) is 14.0. The number of fused-ring (bicyclic) bond motifs is 4. The number of aromatic hydroxyl groups is 1. The molecule has 1 aromatic heterocycles. The average molecular weight is 351 g/mol. The van der Waals surface area contributed by atoms with Crippen LogP contribution in [0, 0.1) is 0 Å². The van der Waals surface area contributed by atoms with Gasteiger partial charge in [0.15, 0.2) is 11.5 Å². The van der Waals surface area contributed by atoms with Gasteiger partial charge in [-0.1, -0.05) is 0 Å². The fraction of sp³-hybridized carbons (Fsp3) is 0.158. The molecule has 26 heavy (non-hydrogen) atoms. The Labute approximate surface area is 147 Å². The van der Waals surface area contributed by atoms with Crippen molar-refractivity contribution in [1.82, 2.24) is 4.98 Å². The van der Waals surface area contributed by atoms with Crippen LogP contribution in [0.25, 0.3) is 21.9 Å². The van der Waals surface area contributed by atoms with Crippen molar-refractivity contribution in [3.8, 4) is 39.9 Å². The van der Waals surface area contributed by atoms with Gasteiger partial charge in [-0.05, 0) is 12.1 Å². The third-order valence-corrected chi connectivity index (χ3v) is 4.73. The summed E-state index contributed by atoms with van der Waals surface area (Å²) >= 11 is 0. The number of hydrogen-bond acceptors (Lipinski definition) is 7. The lowest BCUT2D eigenvalue weighted by atomic mass is 9.83. The van der Waals surface area contributed by atoms with Crippen LogP contribution in [0.15, 0.2) is 24.4 Å². The van der Waals surface area contributed by atoms with Crippen LogP contribution in [0.3, 0.4) is 0 Å². The molecule has 7 nitrogen and oxygen atoms in total. The Kier molecular flexibility index (Phi) is 2.86. The first kappa shape index (κ1) is 14.8. The first-order valence-electron chi connectivity index (χ1n) is 7.90. The van der Waals surface area contributed by atoms with Crippen LogP contribution >= 0.6 is 0 Å². The highest BCUT2D eigenvalue weighted by atomic mass is 16.7. The van der Waals surface area contributed by atoms with E-state index in [4.69, 9.17) is 18.9 Å². The van der Waals surface area contributed by atoms with E-state index < -0.39 is 0 Å². The monoisotopic (exact) mass is 351 g/mol. The molecular weight excluding hydrogens is 338 g/mol. The Bertz CT molecular complexity index is 1120. The summed E-state index contributed by atoms with van der Waals surface area (Å²) in [5.41, 5.74) is 1.53. The average Bonchev–Trinajstić information content (AvgIpc) is 3.13. The van der Waals surface area contributed by atoms with Crippen molar-refractivity contribution in [1.29, 1.82) is 0 Å². The van der Waals surface area contributed by atoms with Gasteiger partial charge in [-0.25, -0.2) is 0 Å². The minimum atomic E-state index is -0.298. The summed E-state index contributed by atoms with van der Waals surface area (Å²) in [7, 11) is 3.00. The zero-order valence-electron chi connectivity index (χ0n) is 14.0. The van der Waals surface area contributed by atoms with E-state index in [0.717, 1.165) is 0 Å². The van der Waals surface area contributed by atoms with Crippen molar-refractivity contribution in [2.24, 2.45) is 0 Å². The number of ketones is 1. The molecule has 0 amide bonds. The van der Waals surface area contributed by atoms with Gasteiger partial charge in [0, 0.05) is 39.7 Å². The van der Waals surface area contributed by atoms with Crippen molar-refractivity contribution in [3.63, 3.8) is 0 Å². The Balaban J connectivity index is 2.03. The molecule has 0 unspecified atom stereocenters. The second kappa shape index (κ2) is 5.01. The number of aromatic nitrogens is 1. The van der Waals surface area contributed by atoms with Crippen LogP contribution in [0.5, 0.6) is 28.7 Å². The van der Waals surface area contributed by atoms with E-state index >= 15 is 0 Å². The van der Waals surface area contributed by atoms with Crippen molar-refractivity contribution in [2.45, 2.75) is 0 Å². The van der Waals surface area contributed by atoms with Gasteiger partial charge < -0.3 is 24.1 Å². The molecule has 0 bridgehead atoms. The number of carbonyl (C=O) groups excluding carboxylic acids is 1. The molecule has 3 aromatic rings. The zero-order chi connectivity index (χ0) is 18.0. The number of ether oxygens (including phenoxy) is 4. The molecule has 7 heteroatoms. The topological polar surface area (TPSA) is 87.1 Å². The molecule has 0 fully saturated rings. The summed E-state index contributed by atoms with van der Waals surface area (Å²) in [6.07, 6.45) is 1.55. The Morgan fingerprint density at radius 3 is 2.69 bits per heavy atom. The first-order valence-corrected chi connectivity index (χ1v) is 7.90. The molecule has 1 N–H and O–H groups in total. The van der Waals surface area contributed by atoms with E-state index in [9.17, 15) is 9.90 Å². The highest BCUT2D eigenvalue weighted by molar-refractivity contribution is 6.27. The van der Waals surface area contributed by atoms with Crippen LogP contribution in [0.2, 0.25) is 0 Å². The Morgan fingerprint density at radius 2 is 1.92 bits per heavy atom. The molecule has 0 spiro atoms. The molecule has 0 saturated carbocycles. The summed E-state index contributed by atoms with van der Waals surface area (Å²) < 4.78 is 22.0. The number of carbonyl (C=O) groups is 1. The number of phenols is 1. The maximum atomic E-state index is 13.1. The van der Waals surface area contributed by atoms with Crippen molar-refractivity contribution >= 4 is 16.6 Å². The normalized spacial score (nSPS) is 13.7. The fourth-order valence-electron chi connectivity index (χ4n) is 3.67. The molecule has 0 radical (unpaired) electrons. The Hall–Kier alpha value is -3.48. The molecule has 1 aliphatic carbocycles. The first-order chi connectivity index (χ1) is 12.7. The van der Waals surface area contributed by atoms with Gasteiger partial charge in [0.1, 0.15) is 17.2 Å². The quantitative estimate of drug-likeness (QED) is 0.594. The molecule has 1 aliphatic heterocycles. The second-order valence-corrected chi connectivity index (χ2v) is 5.95. The van der Waals surface area contributed by atoms with Gasteiger partial charge in [0.05, 0.1) is 14.2 Å². The van der Waals surface area contributed by atoms with E-state index in [1.165, 1.54) is 20.3 Å². The number of phenolic OH excluding ortho intramolecular Hbond substituents is 1. The fourth-order valence-corrected chi connectivity index (χ4v) is 3.67. The van der Waals surface area contributed by atoms with E-state index in [0.29, 0.717) is 50.5 Å². The molecule has 0 saturated heterocycles. The number of benzene rings is 2. The molecule has 2 aromatic carbocycles. The molecule has 130 valence electrons. The number of pyridine rings is 1. The predicted molar refractivity (Wildman–Crippen MR) is 91.5 cm³/mol. The molecular formula is C19H13NO6. The minimum Gasteiger partial charge on any atom is -0.507 e. The highest BCUT2D eigenvalue weighted by Crippen LogP contribution is 2.57. The van der Waals surface area contributed by atoms with Crippen LogP contribution in [0.4, 0.5) is 0 Å². The maximum Gasteiger partial charge on any atom is 0.231 e. The molecule has 2 aliphatic rings. The summed E-state index contributed by atoms with van der Waals surface area (Å²) in [5.74, 6) is 1.36. The van der Waals surface area contributed by atoms with Crippen molar-refractivity contribution < 1.29 is 28.8 Å². The van der Waals surface area contributed by atoms with Gasteiger partial charge in [-0.3, -0.25) is 9.78 Å². The highest BCUT2D eigenvalue weighted by Gasteiger charge is 2.37. The number of rotatable bonds is 2. The third-order valence-electron chi connectivity index (χ3n) is 4.73. The largest absolute Gasteiger partial charge is 0.507 e. The number of methoxy groups -OCH3 is 2. The van der Waals surface area contributed by atoms with Gasteiger partial charge in [0.25, 0.3) is 0 Å². The van der Waals surface area contributed by atoms with Crippen LogP contribution in [-0.2, 0) is 0 Å². The minimum absolute atomic E-state index is 0.0258. The smallest absolute Gasteiger partial charge is 0.231 e. The summed E-state index contributed by atoms with van der Waals surface area (Å²) in [4.78, 5) is 17.4. The lowest BCUT2D eigenvalue weighted by Crippen LogP contribution is -2.13. The lowest BCUT2D eigenvalue weighted by Gasteiger charge is -2.23. The van der Waals surface area contributed by atoms with E-state index in [-0.39, 0.29) is 24.0 Å². The van der Waals surface area contributed by atoms with Crippen molar-refractivity contribution in [2.75, 3.05) is 21.0 Å². The molecule has 2 heterocycles. The number of hydrogen-bond donors (Lipinski definition) is 1. The maximum absolute atomic E-state index is 13.1. The van der Waals surface area contributed by atoms with Gasteiger partial charge in [0.2, 0.25) is 18.3 Å². The van der Waals surface area contributed by atoms with E-state index in [1.54, 1.807) is 18.3 Å². The summed E-state index contributed by atoms with van der Waals surface area (Å²) in [5, 5.41) is 11.9. The summed E-state index contributed by atoms with van der Waals surface area (Å²) in [6, 6.07) is 4.81. The van der Waals surface area contributed by atoms with E-state index in [2.05, 4.69) is 4.98 Å². The third kappa shape index (κ3) is 1.67. The Morgan fingerprint density at radius 1 is 1.12 bits per heavy atom. The van der Waals surface area contributed by atoms with Crippen molar-refractivity contribution in [3.05, 3.63) is 35.7 Å². The summed E-state index contributed by atoms with van der Waals surface area (Å²) in [6.45, 7) is 0.0258. The van der Waals surface area contributed by atoms with Crippen LogP contribution in [-0.4, -0.2) is 36.9 Å². The second-order valence-electron chi connectivity index (χ2n) is 5.95. The molecule has 5 rings (SSSR count). The van der Waals surface area contributed by atoms with Crippen LogP contribution in [0.1, 0.15) is 16.1 Å². The predicted octanol–water partition coefficient (Wildman–Crippen LogP) is 2.90. The lowest BCUT2D eigenvalue weighted by molar-refractivity contribution is 0.103. The van der Waals surface area contributed by atoms with Gasteiger partial charge in [-0.15, -0.1) is 0 Å².